The molecule has 1 aliphatic rings. The first-order valence-corrected chi connectivity index (χ1v) is 7.34. The Labute approximate surface area is 125 Å². The van der Waals surface area contributed by atoms with Gasteiger partial charge in [0.05, 0.1) is 18.7 Å². The Balaban J connectivity index is 1.80. The predicted molar refractivity (Wildman–Crippen MR) is 79.5 cm³/mol. The zero-order valence-corrected chi connectivity index (χ0v) is 13.2. The Morgan fingerprint density at radius 2 is 2.19 bits per heavy atom. The van der Waals surface area contributed by atoms with Crippen LogP contribution in [-0.4, -0.2) is 45.1 Å². The van der Waals surface area contributed by atoms with Gasteiger partial charge in [-0.25, -0.2) is 0 Å². The minimum Gasteiger partial charge on any atom is -0.354 e. The van der Waals surface area contributed by atoms with Gasteiger partial charge in [0.2, 0.25) is 11.8 Å². The quantitative estimate of drug-likeness (QED) is 0.898. The summed E-state index contributed by atoms with van der Waals surface area (Å²) in [7, 11) is 0. The third kappa shape index (κ3) is 3.83. The van der Waals surface area contributed by atoms with Crippen LogP contribution >= 0.6 is 0 Å². The number of aromatic nitrogens is 2. The predicted octanol–water partition coefficient (Wildman–Crippen LogP) is 0.955. The molecular formula is C15H24N4O2. The fourth-order valence-corrected chi connectivity index (χ4v) is 2.56. The van der Waals surface area contributed by atoms with Gasteiger partial charge in [-0.3, -0.25) is 14.3 Å². The molecule has 116 valence electrons. The van der Waals surface area contributed by atoms with Crippen LogP contribution in [0.3, 0.4) is 0 Å². The zero-order chi connectivity index (χ0) is 15.6. The molecule has 1 aliphatic heterocycles. The minimum atomic E-state index is -0.240. The van der Waals surface area contributed by atoms with Crippen LogP contribution < -0.4 is 5.32 Å². The Morgan fingerprint density at radius 3 is 2.71 bits per heavy atom. The van der Waals surface area contributed by atoms with E-state index in [1.807, 2.05) is 33.9 Å². The van der Waals surface area contributed by atoms with Gasteiger partial charge in [0.15, 0.2) is 0 Å². The largest absolute Gasteiger partial charge is 0.354 e. The van der Waals surface area contributed by atoms with Crippen LogP contribution in [0, 0.1) is 12.8 Å². The average molecular weight is 292 g/mol. The highest BCUT2D eigenvalue weighted by molar-refractivity contribution is 5.89. The van der Waals surface area contributed by atoms with Crippen LogP contribution in [0.5, 0.6) is 0 Å². The minimum absolute atomic E-state index is 0.0426. The maximum absolute atomic E-state index is 12.1. The molecule has 0 saturated carbocycles. The fourth-order valence-electron chi connectivity index (χ4n) is 2.56. The van der Waals surface area contributed by atoms with Gasteiger partial charge >= 0.3 is 0 Å². The second-order valence-corrected chi connectivity index (χ2v) is 6.65. The molecule has 1 N–H and O–H groups in total. The van der Waals surface area contributed by atoms with Crippen molar-refractivity contribution in [2.45, 2.75) is 46.2 Å². The first-order valence-electron chi connectivity index (χ1n) is 7.34. The molecule has 2 rings (SSSR count). The number of hydrogen-bond donors (Lipinski definition) is 1. The lowest BCUT2D eigenvalue weighted by Gasteiger charge is -2.31. The van der Waals surface area contributed by atoms with E-state index in [0.29, 0.717) is 26.1 Å². The number of likely N-dealkylation sites (tertiary alicyclic amines) is 1. The molecule has 1 aromatic rings. The normalized spacial score (nSPS) is 19.1. The number of amides is 2. The fraction of sp³-hybridized carbons (Fsp3) is 0.667. The smallest absolute Gasteiger partial charge is 0.225 e. The molecule has 1 unspecified atom stereocenters. The zero-order valence-electron chi connectivity index (χ0n) is 13.2. The van der Waals surface area contributed by atoms with Crippen LogP contribution in [0.1, 0.15) is 32.8 Å². The van der Waals surface area contributed by atoms with Gasteiger partial charge in [0.25, 0.3) is 0 Å². The standard InChI is InChI=1S/C15H24N4O2/c1-11-8-17-18(9-11)6-5-16-14(21)12-7-13(20)19(10-12)15(2,3)4/h8-9,12H,5-7,10H2,1-4H3,(H,16,21). The molecular weight excluding hydrogens is 268 g/mol. The van der Waals surface area contributed by atoms with E-state index in [4.69, 9.17) is 0 Å². The topological polar surface area (TPSA) is 67.2 Å². The molecule has 0 aliphatic carbocycles. The van der Waals surface area contributed by atoms with E-state index in [2.05, 4.69) is 10.4 Å². The van der Waals surface area contributed by atoms with E-state index in [-0.39, 0.29) is 23.3 Å². The van der Waals surface area contributed by atoms with Crippen LogP contribution in [-0.2, 0) is 16.1 Å². The van der Waals surface area contributed by atoms with Gasteiger partial charge < -0.3 is 10.2 Å². The van der Waals surface area contributed by atoms with Crippen LogP contribution in [0.25, 0.3) is 0 Å². The molecule has 0 spiro atoms. The summed E-state index contributed by atoms with van der Waals surface area (Å²) in [5, 5.41) is 7.07. The van der Waals surface area contributed by atoms with E-state index >= 15 is 0 Å². The molecule has 0 radical (unpaired) electrons. The Morgan fingerprint density at radius 1 is 1.48 bits per heavy atom. The Hall–Kier alpha value is -1.85. The third-order valence-electron chi connectivity index (χ3n) is 3.71. The van der Waals surface area contributed by atoms with Crippen molar-refractivity contribution in [2.75, 3.05) is 13.1 Å². The molecule has 0 aromatic carbocycles. The number of carbonyl (C=O) groups is 2. The van der Waals surface area contributed by atoms with Crippen molar-refractivity contribution in [3.05, 3.63) is 18.0 Å². The number of nitrogens with one attached hydrogen (secondary N) is 1. The molecule has 1 fully saturated rings. The van der Waals surface area contributed by atoms with Gasteiger partial charge in [-0.15, -0.1) is 0 Å². The SMILES string of the molecule is Cc1cnn(CCNC(=O)C2CC(=O)N(C(C)(C)C)C2)c1. The summed E-state index contributed by atoms with van der Waals surface area (Å²) in [6, 6.07) is 0. The van der Waals surface area contributed by atoms with Crippen molar-refractivity contribution in [2.24, 2.45) is 5.92 Å². The van der Waals surface area contributed by atoms with E-state index in [1.54, 1.807) is 15.8 Å². The van der Waals surface area contributed by atoms with E-state index in [1.165, 1.54) is 0 Å². The van der Waals surface area contributed by atoms with E-state index in [9.17, 15) is 9.59 Å². The number of hydrogen-bond acceptors (Lipinski definition) is 3. The molecule has 6 nitrogen and oxygen atoms in total. The van der Waals surface area contributed by atoms with Crippen LogP contribution in [0.2, 0.25) is 0 Å². The summed E-state index contributed by atoms with van der Waals surface area (Å²) in [4.78, 5) is 25.9. The van der Waals surface area contributed by atoms with Crippen molar-refractivity contribution in [3.63, 3.8) is 0 Å². The summed E-state index contributed by atoms with van der Waals surface area (Å²) in [5.41, 5.74) is 0.877. The number of aryl methyl sites for hydroxylation is 1. The Bertz CT molecular complexity index is 530. The van der Waals surface area contributed by atoms with E-state index < -0.39 is 0 Å². The van der Waals surface area contributed by atoms with Gasteiger partial charge in [-0.1, -0.05) is 0 Å². The average Bonchev–Trinajstić information content (AvgIpc) is 2.95. The summed E-state index contributed by atoms with van der Waals surface area (Å²) < 4.78 is 1.80. The Kier molecular flexibility index (Phi) is 4.34. The lowest BCUT2D eigenvalue weighted by molar-refractivity contribution is -0.132. The summed E-state index contributed by atoms with van der Waals surface area (Å²) >= 11 is 0. The van der Waals surface area contributed by atoms with Crippen molar-refractivity contribution < 1.29 is 9.59 Å². The molecule has 2 heterocycles. The summed E-state index contributed by atoms with van der Waals surface area (Å²) in [6.45, 7) is 9.63. The lowest BCUT2D eigenvalue weighted by atomic mass is 10.1. The summed E-state index contributed by atoms with van der Waals surface area (Å²) in [5.74, 6) is -0.222. The van der Waals surface area contributed by atoms with Gasteiger partial charge in [0.1, 0.15) is 0 Å². The monoisotopic (exact) mass is 292 g/mol. The summed E-state index contributed by atoms with van der Waals surface area (Å²) in [6.07, 6.45) is 4.04. The van der Waals surface area contributed by atoms with Crippen molar-refractivity contribution >= 4 is 11.8 Å². The first-order chi connectivity index (χ1) is 9.77. The van der Waals surface area contributed by atoms with Gasteiger partial charge in [0, 0.05) is 31.2 Å². The number of carbonyl (C=O) groups excluding carboxylic acids is 2. The molecule has 1 aromatic heterocycles. The maximum Gasteiger partial charge on any atom is 0.225 e. The van der Waals surface area contributed by atoms with Gasteiger partial charge in [-0.05, 0) is 33.3 Å². The second kappa shape index (κ2) is 5.87. The van der Waals surface area contributed by atoms with E-state index in [0.717, 1.165) is 5.56 Å². The molecule has 6 heteroatoms. The molecule has 21 heavy (non-hydrogen) atoms. The second-order valence-electron chi connectivity index (χ2n) is 6.65. The molecule has 1 saturated heterocycles. The highest BCUT2D eigenvalue weighted by atomic mass is 16.2. The van der Waals surface area contributed by atoms with Crippen molar-refractivity contribution in [3.8, 4) is 0 Å². The maximum atomic E-state index is 12.1. The van der Waals surface area contributed by atoms with Crippen LogP contribution in [0.15, 0.2) is 12.4 Å². The third-order valence-corrected chi connectivity index (χ3v) is 3.71. The van der Waals surface area contributed by atoms with Crippen molar-refractivity contribution in [1.29, 1.82) is 0 Å². The van der Waals surface area contributed by atoms with Crippen LogP contribution in [0.4, 0.5) is 0 Å². The lowest BCUT2D eigenvalue weighted by Crippen LogP contribution is -2.43. The molecule has 0 bridgehead atoms. The number of nitrogens with zero attached hydrogens (tertiary/aromatic N) is 3. The first kappa shape index (κ1) is 15.5. The van der Waals surface area contributed by atoms with Gasteiger partial charge in [-0.2, -0.15) is 5.10 Å². The highest BCUT2D eigenvalue weighted by Crippen LogP contribution is 2.25. The highest BCUT2D eigenvalue weighted by Gasteiger charge is 2.39. The molecule has 1 atom stereocenters. The van der Waals surface area contributed by atoms with Crippen molar-refractivity contribution in [1.82, 2.24) is 20.0 Å². The molecule has 2 amide bonds. The number of rotatable bonds is 4.